The van der Waals surface area contributed by atoms with E-state index in [0.717, 1.165) is 43.3 Å². The molecule has 5 rings (SSSR count). The molecule has 1 amide bonds. The molecule has 0 unspecified atom stereocenters. The van der Waals surface area contributed by atoms with Gasteiger partial charge in [-0.1, -0.05) is 24.3 Å². The second-order valence-electron chi connectivity index (χ2n) is 9.00. The molecule has 1 aromatic heterocycles. The van der Waals surface area contributed by atoms with Crippen molar-refractivity contribution >= 4 is 5.91 Å². The Bertz CT molecular complexity index is 910. The van der Waals surface area contributed by atoms with E-state index in [1.54, 1.807) is 6.20 Å². The van der Waals surface area contributed by atoms with Crippen LogP contribution >= 0.6 is 0 Å². The number of fused-ring (bicyclic) bond motifs is 1. The van der Waals surface area contributed by atoms with Gasteiger partial charge < -0.3 is 15.4 Å². The molecule has 30 heavy (non-hydrogen) atoms. The van der Waals surface area contributed by atoms with E-state index in [4.69, 9.17) is 10.5 Å². The third kappa shape index (κ3) is 3.87. The summed E-state index contributed by atoms with van der Waals surface area (Å²) in [6.07, 6.45) is 5.85. The zero-order valence-corrected chi connectivity index (χ0v) is 17.4. The smallest absolute Gasteiger partial charge is 0.250 e. The van der Waals surface area contributed by atoms with Gasteiger partial charge in [0.15, 0.2) is 0 Å². The second-order valence-corrected chi connectivity index (χ2v) is 9.00. The van der Waals surface area contributed by atoms with Gasteiger partial charge in [0.1, 0.15) is 0 Å². The Morgan fingerprint density at radius 2 is 1.87 bits per heavy atom. The Hall–Kier alpha value is -2.28. The lowest BCUT2D eigenvalue weighted by molar-refractivity contribution is 0.0362. The van der Waals surface area contributed by atoms with Gasteiger partial charge in [-0.15, -0.1) is 0 Å². The van der Waals surface area contributed by atoms with Crippen molar-refractivity contribution < 1.29 is 9.53 Å². The van der Waals surface area contributed by atoms with Gasteiger partial charge in [-0.2, -0.15) is 0 Å². The maximum absolute atomic E-state index is 11.4. The lowest BCUT2D eigenvalue weighted by Gasteiger charge is -2.28. The standard InChI is InChI=1S/C24H30N4O2/c25-23(29)20-12-19(14-26-15-20)18-2-4-21(5-3-18)24-13-22(24)16-28(17-24)7-1-6-27-8-10-30-11-9-27/h2-5,12,14-15,22H,1,6-11,13,16-17H2,(H2,25,29)/t22-,24+/m0/s1. The zero-order chi connectivity index (χ0) is 20.6. The highest BCUT2D eigenvalue weighted by Gasteiger charge is 2.60. The van der Waals surface area contributed by atoms with E-state index in [2.05, 4.69) is 39.0 Å². The topological polar surface area (TPSA) is 71.7 Å². The first-order valence-electron chi connectivity index (χ1n) is 11.0. The highest BCUT2D eigenvalue weighted by atomic mass is 16.5. The average Bonchev–Trinajstić information content (AvgIpc) is 3.36. The minimum Gasteiger partial charge on any atom is -0.379 e. The molecule has 1 aliphatic carbocycles. The van der Waals surface area contributed by atoms with E-state index < -0.39 is 5.91 Å². The molecule has 2 aromatic rings. The predicted octanol–water partition coefficient (Wildman–Crippen LogP) is 2.14. The van der Waals surface area contributed by atoms with Crippen molar-refractivity contribution in [2.75, 3.05) is 52.5 Å². The fourth-order valence-corrected chi connectivity index (χ4v) is 5.27. The van der Waals surface area contributed by atoms with Gasteiger partial charge in [0.2, 0.25) is 5.91 Å². The van der Waals surface area contributed by atoms with E-state index >= 15 is 0 Å². The van der Waals surface area contributed by atoms with Gasteiger partial charge in [-0.25, -0.2) is 0 Å². The van der Waals surface area contributed by atoms with Gasteiger partial charge in [-0.05, 0) is 49.0 Å². The van der Waals surface area contributed by atoms with Gasteiger partial charge in [0.05, 0.1) is 18.8 Å². The Morgan fingerprint density at radius 3 is 2.63 bits per heavy atom. The number of aromatic nitrogens is 1. The van der Waals surface area contributed by atoms with Crippen LogP contribution in [0.2, 0.25) is 0 Å². The summed E-state index contributed by atoms with van der Waals surface area (Å²) in [5, 5.41) is 0. The number of hydrogen-bond donors (Lipinski definition) is 1. The van der Waals surface area contributed by atoms with Crippen LogP contribution in [0.1, 0.15) is 28.8 Å². The number of benzene rings is 1. The van der Waals surface area contributed by atoms with Gasteiger partial charge >= 0.3 is 0 Å². The van der Waals surface area contributed by atoms with Gasteiger partial charge in [0, 0.05) is 49.6 Å². The van der Waals surface area contributed by atoms with Crippen molar-refractivity contribution in [1.29, 1.82) is 0 Å². The van der Waals surface area contributed by atoms with E-state index in [0.29, 0.717) is 11.0 Å². The molecule has 6 nitrogen and oxygen atoms in total. The molecule has 0 bridgehead atoms. The maximum Gasteiger partial charge on any atom is 0.250 e. The van der Waals surface area contributed by atoms with Crippen LogP contribution in [0.15, 0.2) is 42.7 Å². The van der Waals surface area contributed by atoms with Crippen molar-refractivity contribution in [2.45, 2.75) is 18.3 Å². The highest BCUT2D eigenvalue weighted by Crippen LogP contribution is 2.59. The largest absolute Gasteiger partial charge is 0.379 e. The Balaban J connectivity index is 1.19. The van der Waals surface area contributed by atoms with Crippen molar-refractivity contribution in [3.63, 3.8) is 0 Å². The molecule has 158 valence electrons. The number of morpholine rings is 1. The zero-order valence-electron chi connectivity index (χ0n) is 17.4. The quantitative estimate of drug-likeness (QED) is 0.763. The summed E-state index contributed by atoms with van der Waals surface area (Å²) in [5.74, 6) is 0.354. The molecule has 3 heterocycles. The van der Waals surface area contributed by atoms with Crippen LogP contribution in [0, 0.1) is 5.92 Å². The van der Waals surface area contributed by atoms with Crippen molar-refractivity contribution in [2.24, 2.45) is 11.7 Å². The first kappa shape index (κ1) is 19.7. The number of primary amides is 1. The van der Waals surface area contributed by atoms with E-state index in [-0.39, 0.29) is 0 Å². The van der Waals surface area contributed by atoms with E-state index in [1.807, 2.05) is 6.07 Å². The van der Waals surface area contributed by atoms with Gasteiger partial charge in [0.25, 0.3) is 0 Å². The molecular formula is C24H30N4O2. The SMILES string of the molecule is NC(=O)c1cncc(-c2ccc([C@]34C[C@H]3CN(CCCN3CCOCC3)C4)cc2)c1. The molecule has 2 atom stereocenters. The first-order valence-corrected chi connectivity index (χ1v) is 11.0. The van der Waals surface area contributed by atoms with Crippen LogP contribution in [-0.4, -0.2) is 73.2 Å². The highest BCUT2D eigenvalue weighted by molar-refractivity contribution is 5.93. The summed E-state index contributed by atoms with van der Waals surface area (Å²) < 4.78 is 5.44. The number of nitrogens with two attached hydrogens (primary N) is 1. The lowest BCUT2D eigenvalue weighted by Crippen LogP contribution is -2.38. The van der Waals surface area contributed by atoms with Crippen LogP contribution < -0.4 is 5.73 Å². The van der Waals surface area contributed by atoms with Crippen LogP contribution in [0.5, 0.6) is 0 Å². The monoisotopic (exact) mass is 406 g/mol. The Labute approximate surface area is 178 Å². The summed E-state index contributed by atoms with van der Waals surface area (Å²) in [6.45, 7) is 8.72. The number of hydrogen-bond acceptors (Lipinski definition) is 5. The number of likely N-dealkylation sites (tertiary alicyclic amines) is 1. The number of carbonyl (C=O) groups excluding carboxylic acids is 1. The van der Waals surface area contributed by atoms with Crippen molar-refractivity contribution in [3.05, 3.63) is 53.9 Å². The summed E-state index contributed by atoms with van der Waals surface area (Å²) in [6, 6.07) is 10.7. The van der Waals surface area contributed by atoms with E-state index in [9.17, 15) is 4.79 Å². The minimum atomic E-state index is -0.444. The number of carbonyl (C=O) groups is 1. The molecule has 0 spiro atoms. The van der Waals surface area contributed by atoms with Crippen molar-refractivity contribution in [1.82, 2.24) is 14.8 Å². The number of pyridine rings is 1. The summed E-state index contributed by atoms with van der Waals surface area (Å²) in [4.78, 5) is 20.8. The number of piperidine rings is 1. The minimum absolute atomic E-state index is 0.352. The number of nitrogens with zero attached hydrogens (tertiary/aromatic N) is 3. The summed E-state index contributed by atoms with van der Waals surface area (Å²) in [5.41, 5.74) is 9.64. The van der Waals surface area contributed by atoms with Crippen LogP contribution in [0.4, 0.5) is 0 Å². The van der Waals surface area contributed by atoms with Crippen LogP contribution in [-0.2, 0) is 10.2 Å². The van der Waals surface area contributed by atoms with Crippen LogP contribution in [0.3, 0.4) is 0 Å². The average molecular weight is 407 g/mol. The second kappa shape index (κ2) is 8.10. The molecule has 1 saturated carbocycles. The number of ether oxygens (including phenoxy) is 1. The lowest BCUT2D eigenvalue weighted by atomic mass is 9.93. The van der Waals surface area contributed by atoms with Crippen LogP contribution in [0.25, 0.3) is 11.1 Å². The predicted molar refractivity (Wildman–Crippen MR) is 116 cm³/mol. The molecule has 3 fully saturated rings. The molecule has 2 saturated heterocycles. The fraction of sp³-hybridized carbons (Fsp3) is 0.500. The third-order valence-corrected chi connectivity index (χ3v) is 7.08. The molecule has 2 N–H and O–H groups in total. The maximum atomic E-state index is 11.4. The van der Waals surface area contributed by atoms with Crippen molar-refractivity contribution in [3.8, 4) is 11.1 Å². The Morgan fingerprint density at radius 1 is 1.10 bits per heavy atom. The Kier molecular flexibility index (Phi) is 5.31. The third-order valence-electron chi connectivity index (χ3n) is 7.08. The van der Waals surface area contributed by atoms with E-state index in [1.165, 1.54) is 50.8 Å². The molecule has 2 aliphatic heterocycles. The normalized spacial score (nSPS) is 26.5. The number of amides is 1. The van der Waals surface area contributed by atoms with Gasteiger partial charge in [-0.3, -0.25) is 14.7 Å². The molecule has 0 radical (unpaired) electrons. The molecular weight excluding hydrogens is 376 g/mol. The summed E-state index contributed by atoms with van der Waals surface area (Å²) in [7, 11) is 0. The summed E-state index contributed by atoms with van der Waals surface area (Å²) >= 11 is 0. The first-order chi connectivity index (χ1) is 14.6. The molecule has 6 heteroatoms. The fourth-order valence-electron chi connectivity index (χ4n) is 5.27. The number of rotatable bonds is 7. The molecule has 1 aromatic carbocycles. The molecule has 3 aliphatic rings.